The molecule has 1 aromatic carbocycles. The van der Waals surface area contributed by atoms with Crippen LogP contribution in [0.25, 0.3) is 0 Å². The number of hydrogen-bond acceptors (Lipinski definition) is 2. The lowest BCUT2D eigenvalue weighted by molar-refractivity contribution is -0.127. The quantitative estimate of drug-likeness (QED) is 0.432. The van der Waals surface area contributed by atoms with Crippen molar-refractivity contribution < 1.29 is 9.90 Å². The third kappa shape index (κ3) is 1.35. The smallest absolute Gasteiger partial charge is 0.149 e. The molecule has 1 N–H and O–H groups in total. The van der Waals surface area contributed by atoms with Crippen LogP contribution in [0.15, 0.2) is 12.2 Å². The van der Waals surface area contributed by atoms with E-state index in [1.54, 1.807) is 0 Å². The number of fused-ring (bicyclic) bond motifs is 9. The first-order valence-electron chi connectivity index (χ1n) is 6.21. The van der Waals surface area contributed by atoms with Gasteiger partial charge >= 0.3 is 0 Å². The fraction of sp³-hybridized carbons (Fsp3) is 0.357. The van der Waals surface area contributed by atoms with E-state index in [4.69, 9.17) is 46.4 Å². The first-order valence-corrected chi connectivity index (χ1v) is 7.72. The Hall–Kier alpha value is -0.250. The van der Waals surface area contributed by atoms with Crippen LogP contribution in [0.4, 0.5) is 0 Å². The largest absolute Gasteiger partial charge is 0.392 e. The Balaban J connectivity index is 2.09. The molecule has 20 heavy (non-hydrogen) atoms. The number of carbonyl (C=O) groups is 1. The van der Waals surface area contributed by atoms with Crippen molar-refractivity contribution in [3.63, 3.8) is 0 Å². The molecule has 2 nitrogen and oxygen atoms in total. The van der Waals surface area contributed by atoms with Crippen molar-refractivity contribution in [1.29, 1.82) is 0 Å². The van der Waals surface area contributed by atoms with Gasteiger partial charge in [0.05, 0.1) is 38.0 Å². The summed E-state index contributed by atoms with van der Waals surface area (Å²) in [5.74, 6) is -1.40. The second-order valence-electron chi connectivity index (χ2n) is 5.47. The average Bonchev–Trinajstić information content (AvgIpc) is 2.81. The molecular formula is C14H8Cl4O2. The maximum absolute atomic E-state index is 12.6. The lowest BCUT2D eigenvalue weighted by Gasteiger charge is -2.31. The molecule has 0 radical (unpaired) electrons. The monoisotopic (exact) mass is 348 g/mol. The fourth-order valence-corrected chi connectivity index (χ4v) is 4.99. The Morgan fingerprint density at radius 2 is 1.20 bits per heavy atom. The van der Waals surface area contributed by atoms with Gasteiger partial charge in [-0.15, -0.1) is 0 Å². The van der Waals surface area contributed by atoms with Gasteiger partial charge in [-0.1, -0.05) is 58.6 Å². The molecule has 0 heterocycles. The van der Waals surface area contributed by atoms with Gasteiger partial charge < -0.3 is 5.11 Å². The summed E-state index contributed by atoms with van der Waals surface area (Å²) >= 11 is 24.8. The highest BCUT2D eigenvalue weighted by Gasteiger charge is 2.58. The Morgan fingerprint density at radius 1 is 0.800 bits per heavy atom. The highest BCUT2D eigenvalue weighted by molar-refractivity contribution is 6.52. The number of carbonyl (C=O) groups excluding carboxylic acids is 1. The second kappa shape index (κ2) is 4.15. The van der Waals surface area contributed by atoms with Crippen molar-refractivity contribution in [3.05, 3.63) is 43.4 Å². The van der Waals surface area contributed by atoms with Crippen molar-refractivity contribution in [3.8, 4) is 0 Å². The lowest BCUT2D eigenvalue weighted by Crippen LogP contribution is -2.38. The van der Waals surface area contributed by atoms with Gasteiger partial charge in [-0.2, -0.15) is 0 Å². The Labute approximate surface area is 135 Å². The SMILES string of the molecule is O=C1[C@@H]2c3c(Cl)c(Cl)c(Cl)c(Cl)c3[C@H]1[C@@H]1C=C[C@H]2C1O. The van der Waals surface area contributed by atoms with E-state index >= 15 is 0 Å². The van der Waals surface area contributed by atoms with Crippen LogP contribution in [-0.2, 0) is 4.79 Å². The van der Waals surface area contributed by atoms with E-state index < -0.39 is 17.9 Å². The van der Waals surface area contributed by atoms with E-state index in [-0.39, 0.29) is 37.7 Å². The third-order valence-corrected chi connectivity index (χ3v) is 6.52. The molecular weight excluding hydrogens is 342 g/mol. The number of halogens is 4. The third-order valence-electron chi connectivity index (χ3n) is 4.69. The molecule has 5 atom stereocenters. The van der Waals surface area contributed by atoms with Crippen molar-refractivity contribution in [2.24, 2.45) is 11.8 Å². The van der Waals surface area contributed by atoms with Gasteiger partial charge in [0.1, 0.15) is 5.78 Å². The number of ketones is 1. The minimum atomic E-state index is -0.584. The van der Waals surface area contributed by atoms with E-state index in [1.165, 1.54) is 0 Å². The molecule has 0 amide bonds. The molecule has 1 saturated carbocycles. The lowest BCUT2D eigenvalue weighted by atomic mass is 9.74. The molecule has 6 heteroatoms. The summed E-state index contributed by atoms with van der Waals surface area (Å²) in [6, 6.07) is 0. The number of hydrogen-bond donors (Lipinski definition) is 1. The van der Waals surface area contributed by atoms with Crippen LogP contribution in [0.2, 0.25) is 20.1 Å². The first-order chi connectivity index (χ1) is 9.45. The molecule has 4 bridgehead atoms. The van der Waals surface area contributed by atoms with Crippen LogP contribution < -0.4 is 0 Å². The van der Waals surface area contributed by atoms with Crippen LogP contribution in [-0.4, -0.2) is 17.0 Å². The fourth-order valence-electron chi connectivity index (χ4n) is 3.87. The zero-order chi connectivity index (χ0) is 14.3. The molecule has 0 aliphatic heterocycles. The zero-order valence-electron chi connectivity index (χ0n) is 9.91. The summed E-state index contributed by atoms with van der Waals surface area (Å²) in [5, 5.41) is 11.2. The topological polar surface area (TPSA) is 37.3 Å². The Morgan fingerprint density at radius 3 is 1.60 bits per heavy atom. The maximum Gasteiger partial charge on any atom is 0.149 e. The minimum Gasteiger partial charge on any atom is -0.392 e. The molecule has 0 saturated heterocycles. The summed E-state index contributed by atoms with van der Waals surface area (Å²) in [6.07, 6.45) is 3.21. The van der Waals surface area contributed by atoms with E-state index in [0.29, 0.717) is 11.1 Å². The molecule has 3 aliphatic rings. The van der Waals surface area contributed by atoms with Crippen LogP contribution in [0.5, 0.6) is 0 Å². The van der Waals surface area contributed by atoms with Crippen LogP contribution in [0, 0.1) is 11.8 Å². The molecule has 1 fully saturated rings. The second-order valence-corrected chi connectivity index (χ2v) is 6.98. The van der Waals surface area contributed by atoms with Gasteiger partial charge in [0, 0.05) is 11.8 Å². The molecule has 1 unspecified atom stereocenters. The van der Waals surface area contributed by atoms with Gasteiger partial charge in [-0.25, -0.2) is 0 Å². The standard InChI is InChI=1S/C14H8Cl4O2/c15-9-7-5-3-1-2-4(13(3)19)6(14(5)20)8(7)10(16)12(18)11(9)17/h1-6,13,19H/t3-,4+,5+,6-,13?. The van der Waals surface area contributed by atoms with Crippen LogP contribution in [0.3, 0.4) is 0 Å². The van der Waals surface area contributed by atoms with Crippen molar-refractivity contribution in [2.45, 2.75) is 17.9 Å². The van der Waals surface area contributed by atoms with Crippen LogP contribution >= 0.6 is 46.4 Å². The summed E-state index contributed by atoms with van der Waals surface area (Å²) in [5.41, 5.74) is 1.30. The molecule has 0 spiro atoms. The number of Topliss-reactive ketones (excluding diaryl/α,β-unsaturated/α-hetero) is 1. The predicted octanol–water partition coefficient (Wildman–Crippen LogP) is 4.23. The predicted molar refractivity (Wildman–Crippen MR) is 79.1 cm³/mol. The van der Waals surface area contributed by atoms with E-state index in [1.807, 2.05) is 12.2 Å². The van der Waals surface area contributed by atoms with Crippen LogP contribution in [0.1, 0.15) is 23.0 Å². The van der Waals surface area contributed by atoms with E-state index in [0.717, 1.165) is 0 Å². The van der Waals surface area contributed by atoms with Gasteiger partial charge in [0.2, 0.25) is 0 Å². The Kier molecular flexibility index (Phi) is 2.78. The zero-order valence-corrected chi connectivity index (χ0v) is 12.9. The highest BCUT2D eigenvalue weighted by atomic mass is 35.5. The van der Waals surface area contributed by atoms with Crippen molar-refractivity contribution in [1.82, 2.24) is 0 Å². The molecule has 0 aromatic heterocycles. The normalized spacial score (nSPS) is 36.6. The van der Waals surface area contributed by atoms with E-state index in [9.17, 15) is 9.90 Å². The maximum atomic E-state index is 12.6. The number of aliphatic hydroxyl groups excluding tert-OH is 1. The summed E-state index contributed by atoms with van der Waals surface area (Å²) in [7, 11) is 0. The van der Waals surface area contributed by atoms with Crippen molar-refractivity contribution >= 4 is 52.2 Å². The van der Waals surface area contributed by atoms with E-state index in [2.05, 4.69) is 0 Å². The van der Waals surface area contributed by atoms with Gasteiger partial charge in [0.25, 0.3) is 0 Å². The average molecular weight is 350 g/mol. The first kappa shape index (κ1) is 13.4. The highest BCUT2D eigenvalue weighted by Crippen LogP contribution is 2.62. The van der Waals surface area contributed by atoms with Gasteiger partial charge in [-0.3, -0.25) is 4.79 Å². The number of rotatable bonds is 0. The Bertz CT molecular complexity index is 642. The molecule has 3 aliphatic carbocycles. The van der Waals surface area contributed by atoms with Gasteiger partial charge in [0.15, 0.2) is 0 Å². The molecule has 104 valence electrons. The molecule has 4 rings (SSSR count). The number of aliphatic hydroxyl groups is 1. The molecule has 1 aromatic rings. The minimum absolute atomic E-state index is 0.0485. The summed E-state index contributed by atoms with van der Waals surface area (Å²) < 4.78 is 0. The van der Waals surface area contributed by atoms with Crippen molar-refractivity contribution in [2.75, 3.05) is 0 Å². The summed E-state index contributed by atoms with van der Waals surface area (Å²) in [4.78, 5) is 12.6. The number of benzene rings is 1. The summed E-state index contributed by atoms with van der Waals surface area (Å²) in [6.45, 7) is 0. The van der Waals surface area contributed by atoms with Gasteiger partial charge in [-0.05, 0) is 11.1 Å².